The fourth-order valence-electron chi connectivity index (χ4n) is 7.29. The Kier molecular flexibility index (Phi) is 7.44. The Hall–Kier alpha value is -4.49. The van der Waals surface area contributed by atoms with Gasteiger partial charge in [0.1, 0.15) is 11.4 Å². The average Bonchev–Trinajstić information content (AvgIpc) is 3.84. The third kappa shape index (κ3) is 5.19. The molecule has 1 fully saturated rings. The van der Waals surface area contributed by atoms with E-state index in [-0.39, 0.29) is 11.7 Å². The Morgan fingerprint density at radius 1 is 0.978 bits per heavy atom. The summed E-state index contributed by atoms with van der Waals surface area (Å²) in [4.78, 5) is 35.2. The summed E-state index contributed by atoms with van der Waals surface area (Å²) in [5.41, 5.74) is 6.99. The minimum atomic E-state index is -0.670. The Labute approximate surface area is 267 Å². The van der Waals surface area contributed by atoms with Gasteiger partial charge in [-0.05, 0) is 92.1 Å². The van der Waals surface area contributed by atoms with Crippen LogP contribution in [0.4, 0.5) is 0 Å². The number of allylic oxidation sites excluding steroid dienone is 1. The van der Waals surface area contributed by atoms with Crippen molar-refractivity contribution in [1.82, 2.24) is 24.4 Å². The lowest BCUT2D eigenvalue weighted by Crippen LogP contribution is -2.45. The summed E-state index contributed by atoms with van der Waals surface area (Å²) in [5.74, 6) is 1.14. The SMILES string of the molecule is CC(=O)/C=C/c1ccc2nc(C3(NC(=O)c4ccc5c(C6CCCC6)c(-c6ccc(Cl)cn6)n(C)c5c4)CC=CC3)n(C)c2c1. The van der Waals surface area contributed by atoms with E-state index >= 15 is 0 Å². The van der Waals surface area contributed by atoms with Gasteiger partial charge in [0.15, 0.2) is 5.78 Å². The second-order valence-electron chi connectivity index (χ2n) is 12.5. The second-order valence-corrected chi connectivity index (χ2v) is 12.9. The van der Waals surface area contributed by atoms with Crippen LogP contribution in [0.15, 0.2) is 73.0 Å². The van der Waals surface area contributed by atoms with E-state index in [0.29, 0.717) is 29.3 Å². The van der Waals surface area contributed by atoms with Gasteiger partial charge in [-0.2, -0.15) is 0 Å². The molecule has 0 radical (unpaired) electrons. The lowest BCUT2D eigenvalue weighted by molar-refractivity contribution is -0.112. The molecule has 0 atom stereocenters. The highest BCUT2D eigenvalue weighted by Gasteiger charge is 2.39. The van der Waals surface area contributed by atoms with Crippen LogP contribution in [0.3, 0.4) is 0 Å². The fraction of sp³-hybridized carbons (Fsp3) is 0.297. The highest BCUT2D eigenvalue weighted by atomic mass is 35.5. The fourth-order valence-corrected chi connectivity index (χ4v) is 7.41. The molecule has 2 aromatic carbocycles. The van der Waals surface area contributed by atoms with E-state index in [1.807, 2.05) is 55.6 Å². The van der Waals surface area contributed by atoms with Crippen LogP contribution in [-0.4, -0.2) is 30.8 Å². The van der Waals surface area contributed by atoms with Crippen LogP contribution < -0.4 is 5.32 Å². The number of hydrogen-bond donors (Lipinski definition) is 1. The molecule has 0 unspecified atom stereocenters. The molecule has 7 nitrogen and oxygen atoms in total. The molecule has 228 valence electrons. The summed E-state index contributed by atoms with van der Waals surface area (Å²) >= 11 is 6.19. The predicted molar refractivity (Wildman–Crippen MR) is 180 cm³/mol. The topological polar surface area (TPSA) is 81.8 Å². The zero-order valence-corrected chi connectivity index (χ0v) is 26.6. The number of halogens is 1. The number of fused-ring (bicyclic) bond motifs is 2. The number of imidazole rings is 1. The number of rotatable bonds is 7. The first-order valence-corrected chi connectivity index (χ1v) is 16.0. The van der Waals surface area contributed by atoms with Gasteiger partial charge in [0.25, 0.3) is 5.91 Å². The van der Waals surface area contributed by atoms with Crippen LogP contribution >= 0.6 is 11.6 Å². The Morgan fingerprint density at radius 3 is 2.47 bits per heavy atom. The summed E-state index contributed by atoms with van der Waals surface area (Å²) in [6.45, 7) is 1.54. The molecular formula is C37H36ClN5O2. The van der Waals surface area contributed by atoms with Crippen molar-refractivity contribution in [3.63, 3.8) is 0 Å². The normalized spacial score (nSPS) is 16.4. The number of nitrogens with zero attached hydrogens (tertiary/aromatic N) is 4. The van der Waals surface area contributed by atoms with Crippen LogP contribution in [0.5, 0.6) is 0 Å². The number of amides is 1. The largest absolute Gasteiger partial charge is 0.342 e. The molecule has 3 aromatic heterocycles. The molecule has 8 heteroatoms. The second kappa shape index (κ2) is 11.5. The molecule has 2 aliphatic rings. The number of carbonyl (C=O) groups excluding carboxylic acids is 2. The van der Waals surface area contributed by atoms with Gasteiger partial charge in [-0.15, -0.1) is 0 Å². The zero-order chi connectivity index (χ0) is 31.3. The molecule has 2 aliphatic carbocycles. The van der Waals surface area contributed by atoms with Gasteiger partial charge >= 0.3 is 0 Å². The van der Waals surface area contributed by atoms with E-state index in [9.17, 15) is 9.59 Å². The van der Waals surface area contributed by atoms with Crippen molar-refractivity contribution in [1.29, 1.82) is 0 Å². The number of aromatic nitrogens is 4. The molecule has 45 heavy (non-hydrogen) atoms. The number of ketones is 1. The summed E-state index contributed by atoms with van der Waals surface area (Å²) < 4.78 is 4.25. The number of benzene rings is 2. The monoisotopic (exact) mass is 617 g/mol. The molecule has 1 N–H and O–H groups in total. The quantitative estimate of drug-likeness (QED) is 0.148. The van der Waals surface area contributed by atoms with E-state index in [1.54, 1.807) is 12.3 Å². The van der Waals surface area contributed by atoms with Crippen molar-refractivity contribution in [2.75, 3.05) is 0 Å². The first-order chi connectivity index (χ1) is 21.7. The molecule has 1 saturated carbocycles. The lowest BCUT2D eigenvalue weighted by atomic mass is 9.92. The summed E-state index contributed by atoms with van der Waals surface area (Å²) in [5, 5.41) is 5.19. The van der Waals surface area contributed by atoms with Crippen molar-refractivity contribution in [2.45, 2.75) is 56.9 Å². The van der Waals surface area contributed by atoms with E-state index in [0.717, 1.165) is 52.2 Å². The zero-order valence-electron chi connectivity index (χ0n) is 25.8. The van der Waals surface area contributed by atoms with Crippen LogP contribution in [0.25, 0.3) is 39.4 Å². The molecule has 3 heterocycles. The lowest BCUT2D eigenvalue weighted by Gasteiger charge is -2.30. The Balaban J connectivity index is 1.26. The van der Waals surface area contributed by atoms with Crippen molar-refractivity contribution in [3.05, 3.63) is 100 Å². The number of nitrogens with one attached hydrogen (secondary N) is 1. The van der Waals surface area contributed by atoms with Gasteiger partial charge in [-0.3, -0.25) is 14.6 Å². The average molecular weight is 618 g/mol. The summed E-state index contributed by atoms with van der Waals surface area (Å²) in [7, 11) is 4.05. The minimum absolute atomic E-state index is 0.000600. The summed E-state index contributed by atoms with van der Waals surface area (Å²) in [6, 6.07) is 15.9. The minimum Gasteiger partial charge on any atom is -0.342 e. The predicted octanol–water partition coefficient (Wildman–Crippen LogP) is 8.02. The third-order valence-corrected chi connectivity index (χ3v) is 9.75. The van der Waals surface area contributed by atoms with Crippen molar-refractivity contribution in [3.8, 4) is 11.4 Å². The molecule has 0 bridgehead atoms. The van der Waals surface area contributed by atoms with Crippen LogP contribution in [0.2, 0.25) is 5.02 Å². The molecule has 0 saturated heterocycles. The Morgan fingerprint density at radius 2 is 1.76 bits per heavy atom. The first kappa shape index (κ1) is 29.2. The van der Waals surface area contributed by atoms with Gasteiger partial charge in [0.2, 0.25) is 0 Å². The Bertz CT molecular complexity index is 2020. The molecular weight excluding hydrogens is 582 g/mol. The van der Waals surface area contributed by atoms with Crippen molar-refractivity contribution >= 4 is 51.3 Å². The van der Waals surface area contributed by atoms with Gasteiger partial charge in [-0.1, -0.05) is 54.8 Å². The third-order valence-electron chi connectivity index (χ3n) is 9.53. The number of hydrogen-bond acceptors (Lipinski definition) is 4. The maximum atomic E-state index is 14.1. The number of carbonyl (C=O) groups is 2. The van der Waals surface area contributed by atoms with Gasteiger partial charge < -0.3 is 14.5 Å². The van der Waals surface area contributed by atoms with Crippen molar-refractivity contribution in [2.24, 2.45) is 14.1 Å². The number of aryl methyl sites for hydroxylation is 2. The molecule has 0 aliphatic heterocycles. The van der Waals surface area contributed by atoms with Gasteiger partial charge in [0.05, 0.1) is 27.4 Å². The summed E-state index contributed by atoms with van der Waals surface area (Å²) in [6.07, 6.45) is 15.4. The van der Waals surface area contributed by atoms with Gasteiger partial charge in [-0.25, -0.2) is 4.98 Å². The highest BCUT2D eigenvalue weighted by Crippen LogP contribution is 2.44. The molecule has 0 spiro atoms. The van der Waals surface area contributed by atoms with Gasteiger partial charge in [0, 0.05) is 36.8 Å². The molecule has 7 rings (SSSR count). The van der Waals surface area contributed by atoms with Crippen molar-refractivity contribution < 1.29 is 9.59 Å². The highest BCUT2D eigenvalue weighted by molar-refractivity contribution is 6.30. The van der Waals surface area contributed by atoms with Crippen LogP contribution in [0, 0.1) is 0 Å². The number of pyridine rings is 1. The van der Waals surface area contributed by atoms with Crippen LogP contribution in [-0.2, 0) is 24.4 Å². The maximum absolute atomic E-state index is 14.1. The van der Waals surface area contributed by atoms with E-state index in [1.165, 1.54) is 30.7 Å². The maximum Gasteiger partial charge on any atom is 0.252 e. The van der Waals surface area contributed by atoms with E-state index in [2.05, 4.69) is 44.7 Å². The smallest absolute Gasteiger partial charge is 0.252 e. The van der Waals surface area contributed by atoms with Crippen LogP contribution in [0.1, 0.15) is 78.7 Å². The standard InChI is InChI=1S/C37H36ClN5O2/c1-23(44)10-11-24-12-16-29-32(20-24)43(3)36(40-29)37(18-6-7-19-37)41-35(45)26-13-15-28-31(21-26)42(2)34(30-17-14-27(38)22-39-30)33(28)25-8-4-5-9-25/h6-7,10-17,20-22,25H,4-5,8-9,18-19H2,1-3H3,(H,41,45)/b11-10+. The molecule has 1 amide bonds. The van der Waals surface area contributed by atoms with E-state index < -0.39 is 5.54 Å². The first-order valence-electron chi connectivity index (χ1n) is 15.6. The molecule has 5 aromatic rings. The van der Waals surface area contributed by atoms with E-state index in [4.69, 9.17) is 16.6 Å².